The van der Waals surface area contributed by atoms with Crippen molar-refractivity contribution in [3.05, 3.63) is 22.2 Å². The molecule has 0 aliphatic rings. The van der Waals surface area contributed by atoms with E-state index < -0.39 is 16.7 Å². The summed E-state index contributed by atoms with van der Waals surface area (Å²) in [5.41, 5.74) is 15.1. The second-order valence-electron chi connectivity index (χ2n) is 3.62. The summed E-state index contributed by atoms with van der Waals surface area (Å²) in [5, 5.41) is 10.6. The van der Waals surface area contributed by atoms with Crippen molar-refractivity contribution >= 4 is 29.1 Å². The molecule has 0 aliphatic heterocycles. The largest absolute Gasteiger partial charge is 0.378 e. The van der Waals surface area contributed by atoms with E-state index in [0.717, 1.165) is 6.07 Å². The molecular weight excluding hydrogens is 256 g/mol. The Hall–Kier alpha value is -2.91. The summed E-state index contributed by atoms with van der Waals surface area (Å²) in [6, 6.07) is 2.37. The third-order valence-corrected chi connectivity index (χ3v) is 2.10. The van der Waals surface area contributed by atoms with Gasteiger partial charge in [0, 0.05) is 6.07 Å². The van der Waals surface area contributed by atoms with Crippen LogP contribution in [0.4, 0.5) is 17.3 Å². The van der Waals surface area contributed by atoms with E-state index >= 15 is 0 Å². The number of amides is 2. The number of rotatable bonds is 6. The van der Waals surface area contributed by atoms with E-state index in [1.807, 2.05) is 0 Å². The Labute approximate surface area is 107 Å². The van der Waals surface area contributed by atoms with Gasteiger partial charge < -0.3 is 22.1 Å². The van der Waals surface area contributed by atoms with Crippen LogP contribution in [-0.4, -0.2) is 34.8 Å². The maximum absolute atomic E-state index is 10.9. The summed E-state index contributed by atoms with van der Waals surface area (Å²) in [6.07, 6.45) is 0. The van der Waals surface area contributed by atoms with Crippen molar-refractivity contribution in [3.8, 4) is 0 Å². The maximum atomic E-state index is 10.9. The van der Waals surface area contributed by atoms with Crippen LogP contribution in [0.1, 0.15) is 0 Å². The van der Waals surface area contributed by atoms with Crippen LogP contribution < -0.4 is 22.1 Å². The van der Waals surface area contributed by atoms with Crippen LogP contribution in [-0.2, 0) is 9.59 Å². The average molecular weight is 268 g/mol. The summed E-state index contributed by atoms with van der Waals surface area (Å²) in [6.45, 7) is -0.625. The minimum absolute atomic E-state index is 0.0979. The summed E-state index contributed by atoms with van der Waals surface area (Å²) in [4.78, 5) is 36.6. The number of primary amides is 2. The summed E-state index contributed by atoms with van der Waals surface area (Å²) in [7, 11) is 0. The maximum Gasteiger partial charge on any atom is 0.311 e. The van der Waals surface area contributed by atoms with Gasteiger partial charge in [-0.2, -0.15) is 0 Å². The molecule has 10 heteroatoms. The van der Waals surface area contributed by atoms with Crippen LogP contribution in [0.5, 0.6) is 0 Å². The van der Waals surface area contributed by atoms with Gasteiger partial charge in [0.25, 0.3) is 0 Å². The molecule has 1 rings (SSSR count). The highest BCUT2D eigenvalue weighted by Gasteiger charge is 2.18. The van der Waals surface area contributed by atoms with Crippen molar-refractivity contribution in [3.63, 3.8) is 0 Å². The van der Waals surface area contributed by atoms with Gasteiger partial charge in [-0.1, -0.05) is 0 Å². The number of carbonyl (C=O) groups excluding carboxylic acids is 2. The third-order valence-electron chi connectivity index (χ3n) is 2.10. The number of nitrogens with zero attached hydrogens (tertiary/aromatic N) is 3. The lowest BCUT2D eigenvalue weighted by Crippen LogP contribution is -2.40. The van der Waals surface area contributed by atoms with Gasteiger partial charge in [-0.05, 0) is 6.07 Å². The Balaban J connectivity index is 3.08. The first-order valence-electron chi connectivity index (χ1n) is 5.03. The summed E-state index contributed by atoms with van der Waals surface area (Å²) in [5.74, 6) is -1.65. The molecule has 0 aromatic carbocycles. The minimum Gasteiger partial charge on any atom is -0.378 e. The van der Waals surface area contributed by atoms with Gasteiger partial charge in [-0.25, -0.2) is 4.98 Å². The molecule has 0 aliphatic carbocycles. The Morgan fingerprint density at radius 1 is 1.26 bits per heavy atom. The molecule has 1 aromatic heterocycles. The molecule has 6 N–H and O–H groups in total. The first-order chi connectivity index (χ1) is 8.81. The van der Waals surface area contributed by atoms with Crippen molar-refractivity contribution < 1.29 is 14.5 Å². The van der Waals surface area contributed by atoms with Gasteiger partial charge in [-0.15, -0.1) is 0 Å². The van der Waals surface area contributed by atoms with E-state index in [0.29, 0.717) is 0 Å². The average Bonchev–Trinajstić information content (AvgIpc) is 2.26. The number of nitrogen functional groups attached to an aromatic ring is 1. The normalized spacial score (nSPS) is 9.89. The lowest BCUT2D eigenvalue weighted by atomic mass is 10.3. The molecule has 0 spiro atoms. The first-order valence-corrected chi connectivity index (χ1v) is 5.03. The van der Waals surface area contributed by atoms with Crippen LogP contribution in [0, 0.1) is 10.1 Å². The van der Waals surface area contributed by atoms with Crippen LogP contribution in [0.15, 0.2) is 12.1 Å². The lowest BCUT2D eigenvalue weighted by Gasteiger charge is -2.20. The zero-order valence-electron chi connectivity index (χ0n) is 9.78. The van der Waals surface area contributed by atoms with Crippen LogP contribution in [0.2, 0.25) is 0 Å². The van der Waals surface area contributed by atoms with E-state index in [2.05, 4.69) is 4.98 Å². The molecule has 0 atom stereocenters. The van der Waals surface area contributed by atoms with Crippen molar-refractivity contribution in [1.29, 1.82) is 0 Å². The van der Waals surface area contributed by atoms with E-state index in [-0.39, 0.29) is 30.4 Å². The van der Waals surface area contributed by atoms with Gasteiger partial charge in [0.1, 0.15) is 5.82 Å². The molecule has 0 bridgehead atoms. The second-order valence-corrected chi connectivity index (χ2v) is 3.62. The monoisotopic (exact) mass is 268 g/mol. The number of aromatic nitrogens is 1. The molecule has 0 radical (unpaired) electrons. The van der Waals surface area contributed by atoms with E-state index in [1.165, 1.54) is 11.0 Å². The lowest BCUT2D eigenvalue weighted by molar-refractivity contribution is -0.384. The van der Waals surface area contributed by atoms with Gasteiger partial charge in [-0.3, -0.25) is 19.7 Å². The highest BCUT2D eigenvalue weighted by Crippen LogP contribution is 2.22. The number of anilines is 2. The molecule has 10 nitrogen and oxygen atoms in total. The second kappa shape index (κ2) is 5.62. The summed E-state index contributed by atoms with van der Waals surface area (Å²) >= 11 is 0. The number of hydrogen-bond donors (Lipinski definition) is 3. The number of pyridine rings is 1. The fourth-order valence-electron chi connectivity index (χ4n) is 1.38. The zero-order chi connectivity index (χ0) is 14.6. The first kappa shape index (κ1) is 14.2. The van der Waals surface area contributed by atoms with Crippen molar-refractivity contribution in [1.82, 2.24) is 4.98 Å². The van der Waals surface area contributed by atoms with Gasteiger partial charge in [0.2, 0.25) is 17.6 Å². The highest BCUT2D eigenvalue weighted by atomic mass is 16.6. The summed E-state index contributed by atoms with van der Waals surface area (Å²) < 4.78 is 0. The molecule has 0 fully saturated rings. The SMILES string of the molecule is NC(=O)CN(CC(N)=O)c1ccc([N+](=O)[O-])c(N)n1. The van der Waals surface area contributed by atoms with Gasteiger partial charge in [0.15, 0.2) is 0 Å². The van der Waals surface area contributed by atoms with Crippen molar-refractivity contribution in [2.24, 2.45) is 11.5 Å². The Kier molecular flexibility index (Phi) is 4.19. The molecule has 102 valence electrons. The molecule has 0 saturated heterocycles. The van der Waals surface area contributed by atoms with Crippen LogP contribution in [0.3, 0.4) is 0 Å². The van der Waals surface area contributed by atoms with E-state index in [9.17, 15) is 19.7 Å². The molecule has 1 aromatic rings. The van der Waals surface area contributed by atoms with E-state index in [4.69, 9.17) is 17.2 Å². The Morgan fingerprint density at radius 2 is 1.79 bits per heavy atom. The van der Waals surface area contributed by atoms with Gasteiger partial charge >= 0.3 is 5.69 Å². The molecular formula is C9H12N6O4. The molecule has 0 unspecified atom stereocenters. The van der Waals surface area contributed by atoms with Crippen LogP contribution in [0.25, 0.3) is 0 Å². The Bertz CT molecular complexity index is 515. The third kappa shape index (κ3) is 3.80. The Morgan fingerprint density at radius 3 is 2.16 bits per heavy atom. The van der Waals surface area contributed by atoms with Crippen molar-refractivity contribution in [2.45, 2.75) is 0 Å². The molecule has 19 heavy (non-hydrogen) atoms. The molecule has 2 amide bonds. The fourth-order valence-corrected chi connectivity index (χ4v) is 1.38. The predicted molar refractivity (Wildman–Crippen MR) is 65.9 cm³/mol. The van der Waals surface area contributed by atoms with Crippen molar-refractivity contribution in [2.75, 3.05) is 23.7 Å². The smallest absolute Gasteiger partial charge is 0.311 e. The fraction of sp³-hybridized carbons (Fsp3) is 0.222. The highest BCUT2D eigenvalue weighted by molar-refractivity contribution is 5.84. The number of nitrogens with two attached hydrogens (primary N) is 3. The number of nitro groups is 1. The number of carbonyl (C=O) groups is 2. The molecule has 1 heterocycles. The molecule has 0 saturated carbocycles. The van der Waals surface area contributed by atoms with Crippen LogP contribution >= 0.6 is 0 Å². The van der Waals surface area contributed by atoms with Gasteiger partial charge in [0.05, 0.1) is 18.0 Å². The quantitative estimate of drug-likeness (QED) is 0.409. The van der Waals surface area contributed by atoms with E-state index in [1.54, 1.807) is 0 Å². The standard InChI is InChI=1S/C9H12N6O4/c10-6(16)3-14(4-7(11)17)8-2-1-5(15(18)19)9(12)13-8/h1-2H,3-4H2,(H2,10,16)(H2,11,17)(H2,12,13). The zero-order valence-corrected chi connectivity index (χ0v) is 9.78. The topological polar surface area (TPSA) is 171 Å². The number of hydrogen-bond acceptors (Lipinski definition) is 7. The minimum atomic E-state index is -0.708. The predicted octanol–water partition coefficient (Wildman–Crippen LogP) is -1.65.